The Morgan fingerprint density at radius 1 is 1.07 bits per heavy atom. The van der Waals surface area contributed by atoms with Gasteiger partial charge < -0.3 is 14.6 Å². The van der Waals surface area contributed by atoms with Gasteiger partial charge in [-0.05, 0) is 30.7 Å². The molecule has 3 aromatic rings. The highest BCUT2D eigenvalue weighted by Gasteiger charge is 2.25. The van der Waals surface area contributed by atoms with E-state index in [1.807, 2.05) is 48.2 Å². The number of hydrogen-bond donors (Lipinski definition) is 1. The third-order valence-electron chi connectivity index (χ3n) is 5.16. The number of benzene rings is 2. The number of para-hydroxylation sites is 1. The number of fused-ring (bicyclic) bond motifs is 1. The molecule has 1 aliphatic rings. The van der Waals surface area contributed by atoms with E-state index in [0.717, 1.165) is 36.3 Å². The maximum Gasteiger partial charge on any atom is 0.271 e. The lowest BCUT2D eigenvalue weighted by molar-refractivity contribution is 0.0624. The van der Waals surface area contributed by atoms with Crippen LogP contribution in [0.5, 0.6) is 5.75 Å². The van der Waals surface area contributed by atoms with Crippen LogP contribution in [-0.2, 0) is 6.54 Å². The van der Waals surface area contributed by atoms with Crippen LogP contribution < -0.4 is 4.74 Å². The van der Waals surface area contributed by atoms with Crippen LogP contribution in [0.1, 0.15) is 23.0 Å². The molecular formula is C22H24ClN3O2. The van der Waals surface area contributed by atoms with E-state index in [9.17, 15) is 4.79 Å². The molecule has 2 aromatic carbocycles. The second-order valence-electron chi connectivity index (χ2n) is 7.00. The second-order valence-corrected chi connectivity index (χ2v) is 7.38. The third kappa shape index (κ3) is 3.86. The van der Waals surface area contributed by atoms with Crippen LogP contribution in [-0.4, -0.2) is 53.5 Å². The third-order valence-corrected chi connectivity index (χ3v) is 5.55. The van der Waals surface area contributed by atoms with Crippen molar-refractivity contribution in [1.29, 1.82) is 0 Å². The van der Waals surface area contributed by atoms with E-state index < -0.39 is 0 Å². The van der Waals surface area contributed by atoms with E-state index in [1.54, 1.807) is 0 Å². The Labute approximate surface area is 169 Å². The number of amides is 1. The number of carbonyl (C=O) groups is 1. The van der Waals surface area contributed by atoms with Crippen molar-refractivity contribution in [3.8, 4) is 5.75 Å². The van der Waals surface area contributed by atoms with E-state index in [4.69, 9.17) is 16.3 Å². The first-order valence-corrected chi connectivity index (χ1v) is 10.0. The molecular weight excluding hydrogens is 374 g/mol. The number of nitrogens with zero attached hydrogens (tertiary/aromatic N) is 2. The molecule has 4 rings (SSSR count). The smallest absolute Gasteiger partial charge is 0.271 e. The Kier molecular flexibility index (Phi) is 5.55. The molecule has 0 atom stereocenters. The Bertz CT molecular complexity index is 960. The minimum absolute atomic E-state index is 0.0260. The van der Waals surface area contributed by atoms with Crippen molar-refractivity contribution in [1.82, 2.24) is 14.8 Å². The Morgan fingerprint density at radius 3 is 2.46 bits per heavy atom. The molecule has 0 aliphatic carbocycles. The van der Waals surface area contributed by atoms with Crippen LogP contribution in [0.3, 0.4) is 0 Å². The summed E-state index contributed by atoms with van der Waals surface area (Å²) in [5.41, 5.74) is 2.63. The van der Waals surface area contributed by atoms with Crippen LogP contribution in [0.25, 0.3) is 10.9 Å². The Morgan fingerprint density at radius 2 is 1.79 bits per heavy atom. The predicted molar refractivity (Wildman–Crippen MR) is 112 cm³/mol. The van der Waals surface area contributed by atoms with Crippen LogP contribution >= 0.6 is 11.6 Å². The molecule has 6 heteroatoms. The fourth-order valence-corrected chi connectivity index (χ4v) is 3.93. The normalized spacial score (nSPS) is 15.1. The zero-order chi connectivity index (χ0) is 19.5. The number of hydrogen-bond acceptors (Lipinski definition) is 3. The predicted octanol–water partition coefficient (Wildman–Crippen LogP) is 4.18. The van der Waals surface area contributed by atoms with Crippen LogP contribution in [0.4, 0.5) is 0 Å². The molecule has 1 amide bonds. The summed E-state index contributed by atoms with van der Waals surface area (Å²) >= 11 is 6.44. The molecule has 146 valence electrons. The van der Waals surface area contributed by atoms with Gasteiger partial charge in [0.05, 0.1) is 11.6 Å². The number of carbonyl (C=O) groups excluding carboxylic acids is 1. The van der Waals surface area contributed by atoms with Crippen molar-refractivity contribution in [3.63, 3.8) is 0 Å². The monoisotopic (exact) mass is 397 g/mol. The van der Waals surface area contributed by atoms with Gasteiger partial charge in [-0.3, -0.25) is 9.69 Å². The molecule has 1 saturated heterocycles. The number of ether oxygens (including phenoxy) is 1. The number of piperazine rings is 1. The molecule has 1 aliphatic heterocycles. The van der Waals surface area contributed by atoms with Gasteiger partial charge in [0.2, 0.25) is 0 Å². The highest BCUT2D eigenvalue weighted by atomic mass is 35.5. The first kappa shape index (κ1) is 18.8. The highest BCUT2D eigenvalue weighted by molar-refractivity contribution is 6.38. The lowest BCUT2D eigenvalue weighted by atomic mass is 10.2. The van der Waals surface area contributed by atoms with Crippen molar-refractivity contribution in [2.75, 3.05) is 32.8 Å². The van der Waals surface area contributed by atoms with Gasteiger partial charge in [0, 0.05) is 43.6 Å². The summed E-state index contributed by atoms with van der Waals surface area (Å²) in [6, 6.07) is 16.0. The molecule has 1 fully saturated rings. The summed E-state index contributed by atoms with van der Waals surface area (Å²) < 4.78 is 5.49. The Balaban J connectivity index is 1.36. The molecule has 0 saturated carbocycles. The average Bonchev–Trinajstić information content (AvgIpc) is 3.07. The van der Waals surface area contributed by atoms with E-state index in [2.05, 4.69) is 22.0 Å². The summed E-state index contributed by atoms with van der Waals surface area (Å²) in [6.07, 6.45) is 0. The van der Waals surface area contributed by atoms with Crippen molar-refractivity contribution in [3.05, 3.63) is 64.8 Å². The summed E-state index contributed by atoms with van der Waals surface area (Å²) in [7, 11) is 0. The van der Waals surface area contributed by atoms with Crippen molar-refractivity contribution in [2.24, 2.45) is 0 Å². The number of nitrogens with one attached hydrogen (secondary N) is 1. The van der Waals surface area contributed by atoms with Crippen LogP contribution in [0, 0.1) is 0 Å². The highest BCUT2D eigenvalue weighted by Crippen LogP contribution is 2.28. The van der Waals surface area contributed by atoms with Crippen molar-refractivity contribution < 1.29 is 9.53 Å². The number of aromatic nitrogens is 1. The standard InChI is InChI=1S/C22H24ClN3O2/c1-2-28-17-9-7-16(8-10-17)15-25-11-13-26(14-12-25)22(27)21-20(23)18-5-3-4-6-19(18)24-21/h3-10,24H,2,11-15H2,1H3. The lowest BCUT2D eigenvalue weighted by Gasteiger charge is -2.34. The van der Waals surface area contributed by atoms with Gasteiger partial charge in [0.25, 0.3) is 5.91 Å². The van der Waals surface area contributed by atoms with Gasteiger partial charge in [-0.1, -0.05) is 41.9 Å². The summed E-state index contributed by atoms with van der Waals surface area (Å²) in [4.78, 5) is 20.4. The maximum atomic E-state index is 12.9. The molecule has 0 radical (unpaired) electrons. The van der Waals surface area contributed by atoms with Crippen molar-refractivity contribution in [2.45, 2.75) is 13.5 Å². The zero-order valence-corrected chi connectivity index (χ0v) is 16.7. The van der Waals surface area contributed by atoms with Crippen molar-refractivity contribution >= 4 is 28.4 Å². The van der Waals surface area contributed by atoms with E-state index in [0.29, 0.717) is 30.4 Å². The van der Waals surface area contributed by atoms with E-state index in [1.165, 1.54) is 5.56 Å². The van der Waals surface area contributed by atoms with Crippen LogP contribution in [0.15, 0.2) is 48.5 Å². The molecule has 0 bridgehead atoms. The molecule has 28 heavy (non-hydrogen) atoms. The molecule has 1 aromatic heterocycles. The fraction of sp³-hybridized carbons (Fsp3) is 0.318. The largest absolute Gasteiger partial charge is 0.494 e. The SMILES string of the molecule is CCOc1ccc(CN2CCN(C(=O)c3[nH]c4ccccc4c3Cl)CC2)cc1. The van der Waals surface area contributed by atoms with E-state index >= 15 is 0 Å². The van der Waals surface area contributed by atoms with Crippen LogP contribution in [0.2, 0.25) is 5.02 Å². The molecule has 0 spiro atoms. The zero-order valence-electron chi connectivity index (χ0n) is 16.0. The first-order chi connectivity index (χ1) is 13.7. The van der Waals surface area contributed by atoms with E-state index in [-0.39, 0.29) is 5.91 Å². The number of halogens is 1. The molecule has 5 nitrogen and oxygen atoms in total. The molecule has 2 heterocycles. The fourth-order valence-electron chi connectivity index (χ4n) is 3.64. The number of H-pyrrole nitrogens is 1. The second kappa shape index (κ2) is 8.25. The Hall–Kier alpha value is -2.50. The number of rotatable bonds is 5. The van der Waals surface area contributed by atoms with Gasteiger partial charge in [-0.15, -0.1) is 0 Å². The minimum atomic E-state index is -0.0260. The summed E-state index contributed by atoms with van der Waals surface area (Å²) in [5, 5.41) is 1.40. The maximum absolute atomic E-state index is 12.9. The molecule has 1 N–H and O–H groups in total. The van der Waals surface area contributed by atoms with Gasteiger partial charge in [0.1, 0.15) is 11.4 Å². The minimum Gasteiger partial charge on any atom is -0.494 e. The first-order valence-electron chi connectivity index (χ1n) is 9.65. The van der Waals surface area contributed by atoms with Gasteiger partial charge >= 0.3 is 0 Å². The van der Waals surface area contributed by atoms with Gasteiger partial charge in [-0.2, -0.15) is 0 Å². The average molecular weight is 398 g/mol. The summed E-state index contributed by atoms with van der Waals surface area (Å²) in [6.45, 7) is 6.62. The summed E-state index contributed by atoms with van der Waals surface area (Å²) in [5.74, 6) is 0.874. The number of aromatic amines is 1. The van der Waals surface area contributed by atoms with Gasteiger partial charge in [-0.25, -0.2) is 0 Å². The lowest BCUT2D eigenvalue weighted by Crippen LogP contribution is -2.48. The van der Waals surface area contributed by atoms with Gasteiger partial charge in [0.15, 0.2) is 0 Å². The molecule has 0 unspecified atom stereocenters. The topological polar surface area (TPSA) is 48.6 Å². The quantitative estimate of drug-likeness (QED) is 0.702.